The number of anilines is 1. The molecule has 6 heteroatoms. The lowest BCUT2D eigenvalue weighted by Crippen LogP contribution is -2.24. The number of nitrogens with one attached hydrogen (secondary N) is 1. The molecule has 0 spiro atoms. The molecule has 21 heavy (non-hydrogen) atoms. The Bertz CT molecular complexity index is 548. The Labute approximate surface area is 142 Å². The van der Waals surface area contributed by atoms with E-state index in [1.165, 1.54) is 5.56 Å². The average Bonchev–Trinajstić information content (AvgIpc) is 2.92. The van der Waals surface area contributed by atoms with Gasteiger partial charge in [-0.25, -0.2) is 0 Å². The van der Waals surface area contributed by atoms with E-state index < -0.39 is 0 Å². The zero-order chi connectivity index (χ0) is 14.4. The third kappa shape index (κ3) is 6.16. The van der Waals surface area contributed by atoms with Crippen molar-refractivity contribution in [1.29, 1.82) is 0 Å². The number of aromatic nitrogens is 2. The van der Waals surface area contributed by atoms with Crippen LogP contribution >= 0.6 is 24.0 Å². The van der Waals surface area contributed by atoms with Crippen molar-refractivity contribution in [2.75, 3.05) is 11.9 Å². The van der Waals surface area contributed by atoms with Gasteiger partial charge >= 0.3 is 0 Å². The molecule has 0 saturated heterocycles. The molecule has 3 N–H and O–H groups in total. The van der Waals surface area contributed by atoms with Crippen molar-refractivity contribution in [1.82, 2.24) is 9.78 Å². The number of aryl methyl sites for hydroxylation is 1. The molecule has 0 saturated carbocycles. The summed E-state index contributed by atoms with van der Waals surface area (Å²) in [4.78, 5) is 4.36. The van der Waals surface area contributed by atoms with Crippen LogP contribution in [0.3, 0.4) is 0 Å². The van der Waals surface area contributed by atoms with Crippen molar-refractivity contribution in [3.63, 3.8) is 0 Å². The van der Waals surface area contributed by atoms with Crippen LogP contribution < -0.4 is 11.1 Å². The predicted octanol–water partition coefficient (Wildman–Crippen LogP) is 2.87. The molecular weight excluding hydrogens is 377 g/mol. The predicted molar refractivity (Wildman–Crippen MR) is 98.1 cm³/mol. The van der Waals surface area contributed by atoms with E-state index in [0.29, 0.717) is 18.4 Å². The van der Waals surface area contributed by atoms with Crippen LogP contribution in [0.5, 0.6) is 0 Å². The Balaban J connectivity index is 0.00000220. The van der Waals surface area contributed by atoms with Crippen LogP contribution in [0.4, 0.5) is 5.69 Å². The summed E-state index contributed by atoms with van der Waals surface area (Å²) in [6, 6.07) is 9.98. The molecule has 0 aliphatic rings. The van der Waals surface area contributed by atoms with Crippen molar-refractivity contribution in [2.24, 2.45) is 16.6 Å². The Morgan fingerprint density at radius 3 is 2.71 bits per heavy atom. The summed E-state index contributed by atoms with van der Waals surface area (Å²) in [5.41, 5.74) is 8.06. The topological polar surface area (TPSA) is 68.2 Å². The molecule has 0 aliphatic carbocycles. The summed E-state index contributed by atoms with van der Waals surface area (Å²) in [7, 11) is 0. The number of nitrogens with zero attached hydrogens (tertiary/aromatic N) is 3. The number of rotatable bonds is 5. The minimum absolute atomic E-state index is 0. The SMILES string of the molecule is Cc1ccc(NC(N)=NCC(C)Cn2cccn2)cc1.I. The van der Waals surface area contributed by atoms with Gasteiger partial charge in [0.15, 0.2) is 5.96 Å². The van der Waals surface area contributed by atoms with E-state index in [1.54, 1.807) is 6.20 Å². The third-order valence-electron chi connectivity index (χ3n) is 2.96. The smallest absolute Gasteiger partial charge is 0.193 e. The fourth-order valence-corrected chi connectivity index (χ4v) is 1.86. The van der Waals surface area contributed by atoms with Crippen molar-refractivity contribution in [3.8, 4) is 0 Å². The van der Waals surface area contributed by atoms with Gasteiger partial charge in [0, 0.05) is 31.2 Å². The summed E-state index contributed by atoms with van der Waals surface area (Å²) in [6.07, 6.45) is 3.73. The number of hydrogen-bond acceptors (Lipinski definition) is 2. The summed E-state index contributed by atoms with van der Waals surface area (Å²) in [6.45, 7) is 5.70. The number of nitrogens with two attached hydrogens (primary N) is 1. The summed E-state index contributed by atoms with van der Waals surface area (Å²) >= 11 is 0. The number of aliphatic imine (C=N–C) groups is 1. The Kier molecular flexibility index (Phi) is 7.21. The van der Waals surface area contributed by atoms with Crippen LogP contribution in [0.25, 0.3) is 0 Å². The van der Waals surface area contributed by atoms with Crippen molar-refractivity contribution < 1.29 is 0 Å². The van der Waals surface area contributed by atoms with Gasteiger partial charge < -0.3 is 11.1 Å². The molecule has 1 atom stereocenters. The number of hydrogen-bond donors (Lipinski definition) is 2. The molecule has 2 rings (SSSR count). The van der Waals surface area contributed by atoms with Crippen molar-refractivity contribution >= 4 is 35.6 Å². The van der Waals surface area contributed by atoms with Crippen LogP contribution in [0.1, 0.15) is 12.5 Å². The van der Waals surface area contributed by atoms with Crippen LogP contribution in [-0.2, 0) is 6.54 Å². The fourth-order valence-electron chi connectivity index (χ4n) is 1.86. The zero-order valence-corrected chi connectivity index (χ0v) is 14.7. The first kappa shape index (κ1) is 17.5. The lowest BCUT2D eigenvalue weighted by atomic mass is 10.2. The summed E-state index contributed by atoms with van der Waals surface area (Å²) in [5, 5.41) is 7.27. The highest BCUT2D eigenvalue weighted by Gasteiger charge is 2.03. The third-order valence-corrected chi connectivity index (χ3v) is 2.96. The maximum absolute atomic E-state index is 5.88. The number of halogens is 1. The molecule has 114 valence electrons. The van der Waals surface area contributed by atoms with Gasteiger partial charge in [0.2, 0.25) is 0 Å². The van der Waals surface area contributed by atoms with E-state index in [0.717, 1.165) is 12.2 Å². The van der Waals surface area contributed by atoms with Crippen LogP contribution in [0, 0.1) is 12.8 Å². The maximum Gasteiger partial charge on any atom is 0.193 e. The van der Waals surface area contributed by atoms with E-state index in [-0.39, 0.29) is 24.0 Å². The highest BCUT2D eigenvalue weighted by Crippen LogP contribution is 2.08. The monoisotopic (exact) mass is 399 g/mol. The molecule has 1 aromatic heterocycles. The summed E-state index contributed by atoms with van der Waals surface area (Å²) in [5.74, 6) is 0.828. The normalized spacial score (nSPS) is 12.6. The van der Waals surface area contributed by atoms with E-state index in [9.17, 15) is 0 Å². The van der Waals surface area contributed by atoms with E-state index in [4.69, 9.17) is 5.73 Å². The molecule has 0 amide bonds. The first-order chi connectivity index (χ1) is 9.63. The first-order valence-electron chi connectivity index (χ1n) is 6.74. The van der Waals surface area contributed by atoms with Gasteiger partial charge in [-0.3, -0.25) is 9.67 Å². The molecule has 5 nitrogen and oxygen atoms in total. The second kappa shape index (κ2) is 8.66. The average molecular weight is 399 g/mol. The quantitative estimate of drug-likeness (QED) is 0.462. The van der Waals surface area contributed by atoms with Gasteiger partial charge in [0.25, 0.3) is 0 Å². The van der Waals surface area contributed by atoms with E-state index in [2.05, 4.69) is 29.3 Å². The van der Waals surface area contributed by atoms with Crippen LogP contribution in [0.2, 0.25) is 0 Å². The molecule has 1 heterocycles. The highest BCUT2D eigenvalue weighted by atomic mass is 127. The van der Waals surface area contributed by atoms with Gasteiger partial charge in [-0.05, 0) is 31.0 Å². The number of guanidine groups is 1. The van der Waals surface area contributed by atoms with Crippen LogP contribution in [-0.4, -0.2) is 22.3 Å². The van der Waals surface area contributed by atoms with Crippen LogP contribution in [0.15, 0.2) is 47.7 Å². The molecule has 1 unspecified atom stereocenters. The van der Waals surface area contributed by atoms with Crippen molar-refractivity contribution in [2.45, 2.75) is 20.4 Å². The van der Waals surface area contributed by atoms with E-state index in [1.807, 2.05) is 41.2 Å². The molecule has 0 aliphatic heterocycles. The Hall–Kier alpha value is -1.57. The van der Waals surface area contributed by atoms with Gasteiger partial charge in [-0.1, -0.05) is 24.6 Å². The first-order valence-corrected chi connectivity index (χ1v) is 6.74. The second-order valence-corrected chi connectivity index (χ2v) is 5.05. The number of benzene rings is 1. The largest absolute Gasteiger partial charge is 0.370 e. The molecular formula is C15H22IN5. The van der Waals surface area contributed by atoms with Gasteiger partial charge in [0.1, 0.15) is 0 Å². The lowest BCUT2D eigenvalue weighted by Gasteiger charge is -2.10. The minimum Gasteiger partial charge on any atom is -0.370 e. The van der Waals surface area contributed by atoms with E-state index >= 15 is 0 Å². The van der Waals surface area contributed by atoms with Gasteiger partial charge in [-0.15, -0.1) is 24.0 Å². The zero-order valence-electron chi connectivity index (χ0n) is 12.4. The lowest BCUT2D eigenvalue weighted by molar-refractivity contribution is 0.459. The maximum atomic E-state index is 5.88. The standard InChI is InChI=1S/C15H21N5.HI/c1-12-4-6-14(7-5-12)19-15(16)17-10-13(2)11-20-9-3-8-18-20;/h3-9,13H,10-11H2,1-2H3,(H3,16,17,19);1H. The minimum atomic E-state index is 0. The molecule has 0 bridgehead atoms. The highest BCUT2D eigenvalue weighted by molar-refractivity contribution is 14.0. The van der Waals surface area contributed by atoms with Crippen molar-refractivity contribution in [3.05, 3.63) is 48.3 Å². The fraction of sp³-hybridized carbons (Fsp3) is 0.333. The van der Waals surface area contributed by atoms with Gasteiger partial charge in [0.05, 0.1) is 0 Å². The second-order valence-electron chi connectivity index (χ2n) is 5.05. The Morgan fingerprint density at radius 1 is 1.38 bits per heavy atom. The van der Waals surface area contributed by atoms with Gasteiger partial charge in [-0.2, -0.15) is 5.10 Å². The molecule has 2 aromatic rings. The molecule has 0 radical (unpaired) electrons. The molecule has 1 aromatic carbocycles. The Morgan fingerprint density at radius 2 is 2.10 bits per heavy atom. The summed E-state index contributed by atoms with van der Waals surface area (Å²) < 4.78 is 1.91. The molecule has 0 fully saturated rings.